The maximum atomic E-state index is 10.6. The van der Waals surface area contributed by atoms with E-state index in [0.29, 0.717) is 4.91 Å². The van der Waals surface area contributed by atoms with Gasteiger partial charge >= 0.3 is 5.97 Å². The molecule has 2 N–H and O–H groups in total. The first-order valence-corrected chi connectivity index (χ1v) is 4.59. The van der Waals surface area contributed by atoms with Crippen LogP contribution in [0, 0.1) is 0 Å². The van der Waals surface area contributed by atoms with Crippen molar-refractivity contribution in [3.63, 3.8) is 0 Å². The molecule has 0 atom stereocenters. The maximum Gasteiger partial charge on any atom is 0.355 e. The van der Waals surface area contributed by atoms with Crippen LogP contribution in [0.5, 0.6) is 0 Å². The van der Waals surface area contributed by atoms with Crippen molar-refractivity contribution >= 4 is 23.9 Å². The highest BCUT2D eigenvalue weighted by Gasteiger charge is 2.26. The SMILES string of the molecule is CC1(C)C=NC(C(=O)O)=C(CO)S1. The molecule has 0 saturated carbocycles. The van der Waals surface area contributed by atoms with E-state index in [1.54, 1.807) is 6.21 Å². The van der Waals surface area contributed by atoms with Crippen LogP contribution in [-0.4, -0.2) is 33.8 Å². The number of nitrogens with zero attached hydrogens (tertiary/aromatic N) is 1. The Labute approximate surface area is 80.4 Å². The molecule has 4 nitrogen and oxygen atoms in total. The van der Waals surface area contributed by atoms with Gasteiger partial charge in [-0.15, -0.1) is 11.8 Å². The monoisotopic (exact) mass is 201 g/mol. The van der Waals surface area contributed by atoms with Gasteiger partial charge in [-0.25, -0.2) is 4.79 Å². The van der Waals surface area contributed by atoms with Crippen molar-refractivity contribution in [2.75, 3.05) is 6.61 Å². The van der Waals surface area contributed by atoms with Crippen molar-refractivity contribution in [1.29, 1.82) is 0 Å². The van der Waals surface area contributed by atoms with Gasteiger partial charge < -0.3 is 10.2 Å². The first-order valence-electron chi connectivity index (χ1n) is 3.78. The van der Waals surface area contributed by atoms with Crippen LogP contribution in [0.3, 0.4) is 0 Å². The van der Waals surface area contributed by atoms with Crippen molar-refractivity contribution in [3.05, 3.63) is 10.6 Å². The third-order valence-electron chi connectivity index (χ3n) is 1.50. The molecular formula is C8H11NO3S. The molecule has 1 aliphatic rings. The lowest BCUT2D eigenvalue weighted by molar-refractivity contribution is -0.132. The molecule has 0 aromatic carbocycles. The van der Waals surface area contributed by atoms with Crippen LogP contribution in [0.25, 0.3) is 0 Å². The first kappa shape index (κ1) is 10.3. The second-order valence-electron chi connectivity index (χ2n) is 3.20. The number of carboxylic acids is 1. The van der Waals surface area contributed by atoms with E-state index in [9.17, 15) is 4.79 Å². The summed E-state index contributed by atoms with van der Waals surface area (Å²) in [6.45, 7) is 3.55. The molecule has 0 amide bonds. The van der Waals surface area contributed by atoms with E-state index in [0.717, 1.165) is 0 Å². The van der Waals surface area contributed by atoms with Gasteiger partial charge in [-0.2, -0.15) is 0 Å². The van der Waals surface area contributed by atoms with Gasteiger partial charge in [-0.1, -0.05) is 0 Å². The van der Waals surface area contributed by atoms with Gasteiger partial charge in [-0.05, 0) is 13.8 Å². The lowest BCUT2D eigenvalue weighted by Crippen LogP contribution is -2.23. The van der Waals surface area contributed by atoms with Crippen LogP contribution in [0.2, 0.25) is 0 Å². The Morgan fingerprint density at radius 3 is 2.77 bits per heavy atom. The smallest absolute Gasteiger partial charge is 0.355 e. The zero-order chi connectivity index (χ0) is 10.1. The molecule has 0 aromatic heterocycles. The van der Waals surface area contributed by atoms with Crippen molar-refractivity contribution in [2.45, 2.75) is 18.6 Å². The van der Waals surface area contributed by atoms with E-state index in [2.05, 4.69) is 4.99 Å². The zero-order valence-electron chi connectivity index (χ0n) is 7.44. The zero-order valence-corrected chi connectivity index (χ0v) is 8.26. The standard InChI is InChI=1S/C8H11NO3S/c1-8(2)4-9-6(7(11)12)5(3-10)13-8/h4,10H,3H2,1-2H3,(H,11,12). The van der Waals surface area contributed by atoms with E-state index in [1.165, 1.54) is 11.8 Å². The van der Waals surface area contributed by atoms with Crippen LogP contribution in [0.4, 0.5) is 0 Å². The quantitative estimate of drug-likeness (QED) is 0.695. The van der Waals surface area contributed by atoms with Gasteiger partial charge in [0.25, 0.3) is 0 Å². The minimum absolute atomic E-state index is 0.0492. The largest absolute Gasteiger partial charge is 0.476 e. The molecular weight excluding hydrogens is 190 g/mol. The molecule has 0 fully saturated rings. The molecule has 0 bridgehead atoms. The summed E-state index contributed by atoms with van der Waals surface area (Å²) in [5.41, 5.74) is -0.0492. The number of aliphatic imine (C=N–C) groups is 1. The lowest BCUT2D eigenvalue weighted by atomic mass is 10.2. The average Bonchev–Trinajstić information content (AvgIpc) is 2.01. The summed E-state index contributed by atoms with van der Waals surface area (Å²) >= 11 is 1.32. The summed E-state index contributed by atoms with van der Waals surface area (Å²) in [6, 6.07) is 0. The minimum Gasteiger partial charge on any atom is -0.476 e. The number of hydrogen-bond acceptors (Lipinski definition) is 4. The second-order valence-corrected chi connectivity index (χ2v) is 4.95. The molecule has 13 heavy (non-hydrogen) atoms. The summed E-state index contributed by atoms with van der Waals surface area (Å²) in [5.74, 6) is -1.09. The number of aliphatic hydroxyl groups is 1. The van der Waals surface area contributed by atoms with E-state index in [-0.39, 0.29) is 17.1 Å². The lowest BCUT2D eigenvalue weighted by Gasteiger charge is -2.24. The van der Waals surface area contributed by atoms with Crippen molar-refractivity contribution in [2.24, 2.45) is 4.99 Å². The van der Waals surface area contributed by atoms with Gasteiger partial charge in [0.2, 0.25) is 0 Å². The Morgan fingerprint density at radius 1 is 1.69 bits per heavy atom. The Morgan fingerprint density at radius 2 is 2.31 bits per heavy atom. The summed E-state index contributed by atoms with van der Waals surface area (Å²) < 4.78 is -0.239. The fraction of sp³-hybridized carbons (Fsp3) is 0.500. The van der Waals surface area contributed by atoms with Crippen LogP contribution in [-0.2, 0) is 4.79 Å². The van der Waals surface area contributed by atoms with Crippen molar-refractivity contribution in [3.8, 4) is 0 Å². The summed E-state index contributed by atoms with van der Waals surface area (Å²) in [5, 5.41) is 17.6. The number of carbonyl (C=O) groups is 1. The molecule has 0 aromatic rings. The Bertz CT molecular complexity index is 294. The molecule has 0 aliphatic carbocycles. The predicted octanol–water partition coefficient (Wildman–Crippen LogP) is 0.871. The van der Waals surface area contributed by atoms with E-state index < -0.39 is 5.97 Å². The summed E-state index contributed by atoms with van der Waals surface area (Å²) in [7, 11) is 0. The number of aliphatic hydroxyl groups excluding tert-OH is 1. The molecule has 1 rings (SSSR count). The normalized spacial score (nSPS) is 20.5. The highest BCUT2D eigenvalue weighted by atomic mass is 32.2. The van der Waals surface area contributed by atoms with Crippen LogP contribution >= 0.6 is 11.8 Å². The van der Waals surface area contributed by atoms with Gasteiger partial charge in [0.05, 0.1) is 11.4 Å². The van der Waals surface area contributed by atoms with Gasteiger partial charge in [0.15, 0.2) is 5.70 Å². The fourth-order valence-electron chi connectivity index (χ4n) is 0.966. The molecule has 0 unspecified atom stereocenters. The summed E-state index contributed by atoms with van der Waals surface area (Å²) in [6.07, 6.45) is 1.58. The molecule has 5 heteroatoms. The highest BCUT2D eigenvalue weighted by Crippen LogP contribution is 2.35. The van der Waals surface area contributed by atoms with E-state index in [4.69, 9.17) is 10.2 Å². The summed E-state index contributed by atoms with van der Waals surface area (Å²) in [4.78, 5) is 14.9. The third kappa shape index (κ3) is 2.32. The topological polar surface area (TPSA) is 69.9 Å². The first-order chi connectivity index (χ1) is 5.96. The molecule has 1 heterocycles. The molecule has 0 spiro atoms. The number of aliphatic carboxylic acids is 1. The van der Waals surface area contributed by atoms with Gasteiger partial charge in [0, 0.05) is 11.1 Å². The van der Waals surface area contributed by atoms with Gasteiger partial charge in [-0.3, -0.25) is 4.99 Å². The van der Waals surface area contributed by atoms with Gasteiger partial charge in [0.1, 0.15) is 0 Å². The Balaban J connectivity index is 3.01. The van der Waals surface area contributed by atoms with Crippen molar-refractivity contribution < 1.29 is 15.0 Å². The number of thioether (sulfide) groups is 1. The number of carboxylic acid groups (broad SMARTS) is 1. The third-order valence-corrected chi connectivity index (χ3v) is 2.70. The minimum atomic E-state index is -1.09. The molecule has 0 radical (unpaired) electrons. The van der Waals surface area contributed by atoms with Crippen LogP contribution < -0.4 is 0 Å². The fourth-order valence-corrected chi connectivity index (χ4v) is 2.01. The molecule has 72 valence electrons. The van der Waals surface area contributed by atoms with Crippen molar-refractivity contribution in [1.82, 2.24) is 0 Å². The van der Waals surface area contributed by atoms with Crippen LogP contribution in [0.15, 0.2) is 15.6 Å². The van der Waals surface area contributed by atoms with Crippen LogP contribution in [0.1, 0.15) is 13.8 Å². The Hall–Kier alpha value is -0.810. The van der Waals surface area contributed by atoms with E-state index >= 15 is 0 Å². The van der Waals surface area contributed by atoms with E-state index in [1.807, 2.05) is 13.8 Å². The molecule has 1 aliphatic heterocycles. The molecule has 0 saturated heterocycles. The Kier molecular flexibility index (Phi) is 2.77. The highest BCUT2D eigenvalue weighted by molar-refractivity contribution is 8.05. The number of rotatable bonds is 2. The average molecular weight is 201 g/mol. The second kappa shape index (κ2) is 3.51. The predicted molar refractivity (Wildman–Crippen MR) is 51.9 cm³/mol. The number of hydrogen-bond donors (Lipinski definition) is 2. The maximum absolute atomic E-state index is 10.6.